The smallest absolute Gasteiger partial charge is 0.111 e. The molecule has 2 aromatic heterocycles. The average Bonchev–Trinajstić information content (AvgIpc) is 2.89. The van der Waals surface area contributed by atoms with Crippen molar-refractivity contribution in [3.63, 3.8) is 0 Å². The lowest BCUT2D eigenvalue weighted by Gasteiger charge is -1.96. The number of nitrogens with one attached hydrogen (secondary N) is 1. The van der Waals surface area contributed by atoms with Crippen LogP contribution in [-0.2, 0) is 6.42 Å². The molecule has 4 heteroatoms. The lowest BCUT2D eigenvalue weighted by Crippen LogP contribution is -1.89. The molecule has 0 spiro atoms. The Balaban J connectivity index is 2.08. The second kappa shape index (κ2) is 4.27. The average molecular weight is 307 g/mol. The molecule has 0 aliphatic heterocycles. The van der Waals surface area contributed by atoms with Crippen LogP contribution in [0.4, 0.5) is 0 Å². The first kappa shape index (κ1) is 11.0. The summed E-state index contributed by atoms with van der Waals surface area (Å²) in [5.74, 6) is 1.03. The minimum Gasteiger partial charge on any atom is -0.348 e. The van der Waals surface area contributed by atoms with Crippen molar-refractivity contribution in [1.82, 2.24) is 9.97 Å². The number of aromatic nitrogens is 2. The molecule has 0 saturated heterocycles. The predicted octanol–water partition coefficient (Wildman–Crippen LogP) is 4.29. The zero-order valence-electron chi connectivity index (χ0n) is 9.33. The number of thiophene rings is 1. The second-order valence-corrected chi connectivity index (χ2v) is 6.06. The number of benzene rings is 1. The molecule has 0 saturated carbocycles. The number of imidazole rings is 1. The number of nitrogens with zero attached hydrogens (tertiary/aromatic N) is 1. The van der Waals surface area contributed by atoms with Crippen LogP contribution < -0.4 is 0 Å². The van der Waals surface area contributed by atoms with Crippen LogP contribution >= 0.6 is 27.3 Å². The maximum atomic E-state index is 4.28. The molecular formula is C13H11BrN2S. The Labute approximate surface area is 112 Å². The van der Waals surface area contributed by atoms with Gasteiger partial charge < -0.3 is 4.98 Å². The molecule has 0 bridgehead atoms. The van der Waals surface area contributed by atoms with Crippen LogP contribution in [0.1, 0.15) is 16.3 Å². The lowest BCUT2D eigenvalue weighted by molar-refractivity contribution is 1.04. The Morgan fingerprint density at radius 1 is 1.41 bits per heavy atom. The largest absolute Gasteiger partial charge is 0.348 e. The van der Waals surface area contributed by atoms with Crippen LogP contribution in [0.15, 0.2) is 35.1 Å². The topological polar surface area (TPSA) is 28.7 Å². The van der Waals surface area contributed by atoms with Crippen LogP contribution in [0.5, 0.6) is 0 Å². The van der Waals surface area contributed by atoms with E-state index in [1.807, 2.05) is 17.5 Å². The van der Waals surface area contributed by atoms with Crippen LogP contribution in [-0.4, -0.2) is 9.97 Å². The number of aryl methyl sites for hydroxylation is 1. The summed E-state index contributed by atoms with van der Waals surface area (Å²) in [7, 11) is 0. The minimum atomic E-state index is 0.885. The van der Waals surface area contributed by atoms with E-state index in [2.05, 4.69) is 51.0 Å². The summed E-state index contributed by atoms with van der Waals surface area (Å²) in [6.07, 6.45) is 4.55. The summed E-state index contributed by atoms with van der Waals surface area (Å²) in [4.78, 5) is 8.82. The van der Waals surface area contributed by atoms with E-state index in [9.17, 15) is 0 Å². The quantitative estimate of drug-likeness (QED) is 0.752. The Morgan fingerprint density at radius 3 is 3.06 bits per heavy atom. The summed E-state index contributed by atoms with van der Waals surface area (Å²) in [6, 6.07) is 6.45. The predicted molar refractivity (Wildman–Crippen MR) is 75.7 cm³/mol. The molecule has 2 nitrogen and oxygen atoms in total. The maximum Gasteiger partial charge on any atom is 0.111 e. The fourth-order valence-corrected chi connectivity index (χ4v) is 3.73. The third kappa shape index (κ3) is 2.03. The van der Waals surface area contributed by atoms with Crippen molar-refractivity contribution in [2.24, 2.45) is 0 Å². The highest BCUT2D eigenvalue weighted by Gasteiger charge is 2.10. The number of rotatable bonds is 2. The number of aromatic amines is 1. The summed E-state index contributed by atoms with van der Waals surface area (Å²) >= 11 is 5.36. The highest BCUT2D eigenvalue weighted by atomic mass is 79.9. The van der Waals surface area contributed by atoms with Gasteiger partial charge in [-0.15, -0.1) is 11.3 Å². The standard InChI is InChI=1S/C13H11BrN2S/c1-8-10-3-2-9(14)6-12(10)17-11(8)7-13-15-4-5-16-13/h2-6H,7H2,1H3,(H,15,16). The second-order valence-electron chi connectivity index (χ2n) is 4.00. The van der Waals surface area contributed by atoms with E-state index >= 15 is 0 Å². The molecule has 0 aliphatic carbocycles. The van der Waals surface area contributed by atoms with E-state index in [0.29, 0.717) is 0 Å². The van der Waals surface area contributed by atoms with Gasteiger partial charge in [0.05, 0.1) is 0 Å². The molecule has 86 valence electrons. The van der Waals surface area contributed by atoms with Crippen molar-refractivity contribution >= 4 is 37.4 Å². The van der Waals surface area contributed by atoms with Gasteiger partial charge in [-0.05, 0) is 30.0 Å². The van der Waals surface area contributed by atoms with Gasteiger partial charge in [0, 0.05) is 32.9 Å². The van der Waals surface area contributed by atoms with E-state index in [1.54, 1.807) is 6.20 Å². The van der Waals surface area contributed by atoms with Crippen molar-refractivity contribution in [2.45, 2.75) is 13.3 Å². The van der Waals surface area contributed by atoms with Crippen molar-refractivity contribution in [3.05, 3.63) is 51.3 Å². The van der Waals surface area contributed by atoms with Crippen molar-refractivity contribution in [1.29, 1.82) is 0 Å². The fourth-order valence-electron chi connectivity index (χ4n) is 1.97. The fraction of sp³-hybridized carbons (Fsp3) is 0.154. The zero-order chi connectivity index (χ0) is 11.8. The third-order valence-electron chi connectivity index (χ3n) is 2.88. The molecule has 0 atom stereocenters. The molecule has 17 heavy (non-hydrogen) atoms. The molecule has 1 aromatic carbocycles. The van der Waals surface area contributed by atoms with Crippen molar-refractivity contribution < 1.29 is 0 Å². The summed E-state index contributed by atoms with van der Waals surface area (Å²) < 4.78 is 2.47. The molecule has 0 amide bonds. The van der Waals surface area contributed by atoms with Crippen LogP contribution in [0.3, 0.4) is 0 Å². The van der Waals surface area contributed by atoms with Crippen molar-refractivity contribution in [2.75, 3.05) is 0 Å². The summed E-state index contributed by atoms with van der Waals surface area (Å²) in [5, 5.41) is 1.35. The first-order valence-corrected chi connectivity index (χ1v) is 7.01. The number of hydrogen-bond acceptors (Lipinski definition) is 2. The van der Waals surface area contributed by atoms with Gasteiger partial charge in [-0.3, -0.25) is 0 Å². The number of halogens is 1. The summed E-state index contributed by atoms with van der Waals surface area (Å²) in [6.45, 7) is 2.19. The van der Waals surface area contributed by atoms with Gasteiger partial charge in [0.15, 0.2) is 0 Å². The first-order valence-electron chi connectivity index (χ1n) is 5.40. The Morgan fingerprint density at radius 2 is 2.29 bits per heavy atom. The van der Waals surface area contributed by atoms with E-state index in [4.69, 9.17) is 0 Å². The Bertz CT molecular complexity index is 655. The van der Waals surface area contributed by atoms with E-state index in [-0.39, 0.29) is 0 Å². The molecule has 3 aromatic rings. The molecular weight excluding hydrogens is 296 g/mol. The van der Waals surface area contributed by atoms with Gasteiger partial charge in [0.2, 0.25) is 0 Å². The van der Waals surface area contributed by atoms with Crippen molar-refractivity contribution in [3.8, 4) is 0 Å². The normalized spacial score (nSPS) is 11.2. The maximum absolute atomic E-state index is 4.28. The van der Waals surface area contributed by atoms with Crippen LogP contribution in [0, 0.1) is 6.92 Å². The van der Waals surface area contributed by atoms with E-state index < -0.39 is 0 Å². The van der Waals surface area contributed by atoms with Gasteiger partial charge in [-0.25, -0.2) is 4.98 Å². The monoisotopic (exact) mass is 306 g/mol. The molecule has 0 unspecified atom stereocenters. The number of H-pyrrole nitrogens is 1. The molecule has 0 fully saturated rings. The molecule has 2 heterocycles. The van der Waals surface area contributed by atoms with Gasteiger partial charge in [0.25, 0.3) is 0 Å². The molecule has 0 radical (unpaired) electrons. The van der Waals surface area contributed by atoms with Gasteiger partial charge in [-0.1, -0.05) is 22.0 Å². The SMILES string of the molecule is Cc1c(Cc2ncc[nH]2)sc2cc(Br)ccc12. The van der Waals surface area contributed by atoms with E-state index in [0.717, 1.165) is 16.7 Å². The van der Waals surface area contributed by atoms with Crippen LogP contribution in [0.2, 0.25) is 0 Å². The third-order valence-corrected chi connectivity index (χ3v) is 4.63. The highest BCUT2D eigenvalue weighted by Crippen LogP contribution is 2.33. The van der Waals surface area contributed by atoms with Gasteiger partial charge >= 0.3 is 0 Å². The lowest BCUT2D eigenvalue weighted by atomic mass is 10.1. The van der Waals surface area contributed by atoms with Gasteiger partial charge in [-0.2, -0.15) is 0 Å². The Hall–Kier alpha value is -1.13. The summed E-state index contributed by atoms with van der Waals surface area (Å²) in [5.41, 5.74) is 1.37. The zero-order valence-corrected chi connectivity index (χ0v) is 11.7. The number of fused-ring (bicyclic) bond motifs is 1. The van der Waals surface area contributed by atoms with E-state index in [1.165, 1.54) is 20.5 Å². The molecule has 1 N–H and O–H groups in total. The molecule has 3 rings (SSSR count). The number of hydrogen-bond donors (Lipinski definition) is 1. The Kier molecular flexibility index (Phi) is 2.76. The minimum absolute atomic E-state index is 0.885. The van der Waals surface area contributed by atoms with Gasteiger partial charge in [0.1, 0.15) is 5.82 Å². The first-order chi connectivity index (χ1) is 8.24. The molecule has 0 aliphatic rings. The highest BCUT2D eigenvalue weighted by molar-refractivity contribution is 9.10. The van der Waals surface area contributed by atoms with Crippen LogP contribution in [0.25, 0.3) is 10.1 Å².